The Kier molecular flexibility index (Phi) is 2.25. The van der Waals surface area contributed by atoms with Gasteiger partial charge in [0.1, 0.15) is 5.69 Å². The number of thiocarbonyl (C=S) groups is 1. The predicted octanol–water partition coefficient (Wildman–Crippen LogP) is 0.663. The molecular formula is C6H5N3OS. The molecule has 0 spiro atoms. The molecule has 0 saturated heterocycles. The molecule has 56 valence electrons. The standard InChI is InChI=1S/C6H5N3OS/c1-9-2-5(7-3-9)6(10)8-4-11/h2-3H,1H3. The van der Waals surface area contributed by atoms with E-state index in [4.69, 9.17) is 0 Å². The number of hydrogen-bond acceptors (Lipinski definition) is 3. The van der Waals surface area contributed by atoms with Gasteiger partial charge in [0.25, 0.3) is 0 Å². The molecule has 0 atom stereocenters. The van der Waals surface area contributed by atoms with Crippen molar-refractivity contribution in [1.82, 2.24) is 9.55 Å². The van der Waals surface area contributed by atoms with Crippen LogP contribution in [0.3, 0.4) is 0 Å². The smallest absolute Gasteiger partial charge is 0.306 e. The molecule has 0 radical (unpaired) electrons. The number of carbonyl (C=O) groups is 1. The van der Waals surface area contributed by atoms with Crippen LogP contribution in [0, 0.1) is 0 Å². The monoisotopic (exact) mass is 167 g/mol. The Morgan fingerprint density at radius 2 is 2.64 bits per heavy atom. The summed E-state index contributed by atoms with van der Waals surface area (Å²) in [5.41, 5.74) is 0.282. The third-order valence-electron chi connectivity index (χ3n) is 1.07. The summed E-state index contributed by atoms with van der Waals surface area (Å²) in [4.78, 5) is 17.9. The molecule has 11 heavy (non-hydrogen) atoms. The van der Waals surface area contributed by atoms with Crippen molar-refractivity contribution < 1.29 is 4.79 Å². The molecule has 0 saturated carbocycles. The van der Waals surface area contributed by atoms with E-state index in [0.717, 1.165) is 0 Å². The van der Waals surface area contributed by atoms with Crippen LogP contribution in [0.15, 0.2) is 17.5 Å². The second-order valence-electron chi connectivity index (χ2n) is 1.93. The van der Waals surface area contributed by atoms with Gasteiger partial charge in [-0.3, -0.25) is 4.79 Å². The molecule has 1 amide bonds. The molecule has 0 aliphatic carbocycles. The minimum Gasteiger partial charge on any atom is -0.340 e. The maximum absolute atomic E-state index is 10.9. The highest BCUT2D eigenvalue weighted by molar-refractivity contribution is 7.78. The van der Waals surface area contributed by atoms with Gasteiger partial charge in [-0.2, -0.15) is 4.99 Å². The van der Waals surface area contributed by atoms with Gasteiger partial charge in [0.2, 0.25) is 0 Å². The van der Waals surface area contributed by atoms with E-state index in [1.54, 1.807) is 17.8 Å². The van der Waals surface area contributed by atoms with Crippen LogP contribution < -0.4 is 0 Å². The van der Waals surface area contributed by atoms with E-state index < -0.39 is 5.91 Å². The fourth-order valence-electron chi connectivity index (χ4n) is 0.622. The van der Waals surface area contributed by atoms with Gasteiger partial charge in [0.05, 0.1) is 11.5 Å². The minimum atomic E-state index is -0.458. The SMILES string of the molecule is Cn1cnc(C(=O)N=C=S)c1. The molecule has 4 nitrogen and oxygen atoms in total. The van der Waals surface area contributed by atoms with Crippen molar-refractivity contribution >= 4 is 23.3 Å². The first kappa shape index (κ1) is 7.78. The number of nitrogens with zero attached hydrogens (tertiary/aromatic N) is 3. The lowest BCUT2D eigenvalue weighted by Crippen LogP contribution is -1.93. The van der Waals surface area contributed by atoms with Crippen LogP contribution in [0.5, 0.6) is 0 Å². The fraction of sp³-hybridized carbons (Fsp3) is 0.167. The van der Waals surface area contributed by atoms with Crippen LogP contribution in [-0.4, -0.2) is 20.6 Å². The third kappa shape index (κ3) is 1.80. The van der Waals surface area contributed by atoms with E-state index in [1.807, 2.05) is 5.16 Å². The number of rotatable bonds is 1. The van der Waals surface area contributed by atoms with Gasteiger partial charge >= 0.3 is 5.91 Å². The molecular weight excluding hydrogens is 162 g/mol. The van der Waals surface area contributed by atoms with Gasteiger partial charge in [-0.05, 0) is 12.2 Å². The molecule has 1 aromatic heterocycles. The molecule has 0 fully saturated rings. The summed E-state index contributed by atoms with van der Waals surface area (Å²) in [5.74, 6) is -0.458. The zero-order chi connectivity index (χ0) is 8.27. The minimum absolute atomic E-state index is 0.282. The Morgan fingerprint density at radius 3 is 3.09 bits per heavy atom. The Bertz CT molecular complexity index is 324. The normalized spacial score (nSPS) is 8.82. The number of imidazole rings is 1. The molecule has 1 heterocycles. The van der Waals surface area contributed by atoms with Crippen LogP contribution in [0.2, 0.25) is 0 Å². The summed E-state index contributed by atoms with van der Waals surface area (Å²) in [6, 6.07) is 0. The number of aryl methyl sites for hydroxylation is 1. The number of isothiocyanates is 1. The van der Waals surface area contributed by atoms with Crippen molar-refractivity contribution in [3.63, 3.8) is 0 Å². The molecule has 0 unspecified atom stereocenters. The summed E-state index contributed by atoms with van der Waals surface area (Å²) in [6.45, 7) is 0. The summed E-state index contributed by atoms with van der Waals surface area (Å²) in [5, 5.41) is 1.98. The first-order valence-corrected chi connectivity index (χ1v) is 3.25. The number of amides is 1. The van der Waals surface area contributed by atoms with Crippen molar-refractivity contribution in [1.29, 1.82) is 0 Å². The first-order valence-electron chi connectivity index (χ1n) is 2.84. The number of aromatic nitrogens is 2. The number of carbonyl (C=O) groups excluding carboxylic acids is 1. The van der Waals surface area contributed by atoms with Crippen LogP contribution >= 0.6 is 12.2 Å². The van der Waals surface area contributed by atoms with Crippen LogP contribution in [0.25, 0.3) is 0 Å². The van der Waals surface area contributed by atoms with Crippen LogP contribution in [-0.2, 0) is 7.05 Å². The number of aliphatic imine (C=N–C) groups is 1. The van der Waals surface area contributed by atoms with Crippen molar-refractivity contribution in [2.75, 3.05) is 0 Å². The van der Waals surface area contributed by atoms with Gasteiger partial charge in [-0.1, -0.05) is 0 Å². The highest BCUT2D eigenvalue weighted by Gasteiger charge is 2.04. The third-order valence-corrected chi connectivity index (χ3v) is 1.16. The Balaban J connectivity index is 2.93. The quantitative estimate of drug-likeness (QED) is 0.456. The summed E-state index contributed by atoms with van der Waals surface area (Å²) < 4.78 is 1.66. The van der Waals surface area contributed by atoms with Gasteiger partial charge in [-0.15, -0.1) is 0 Å². The fourth-order valence-corrected chi connectivity index (χ4v) is 0.705. The van der Waals surface area contributed by atoms with Gasteiger partial charge in [0, 0.05) is 13.2 Å². The van der Waals surface area contributed by atoms with Crippen molar-refractivity contribution in [2.45, 2.75) is 0 Å². The first-order chi connectivity index (χ1) is 5.24. The zero-order valence-electron chi connectivity index (χ0n) is 5.81. The lowest BCUT2D eigenvalue weighted by molar-refractivity contribution is 0.0999. The second kappa shape index (κ2) is 3.18. The van der Waals surface area contributed by atoms with Crippen LogP contribution in [0.1, 0.15) is 10.5 Å². The molecule has 0 bridgehead atoms. The van der Waals surface area contributed by atoms with Gasteiger partial charge in [0.15, 0.2) is 0 Å². The molecule has 1 rings (SSSR count). The maximum atomic E-state index is 10.9. The highest BCUT2D eigenvalue weighted by atomic mass is 32.1. The van der Waals surface area contributed by atoms with Crippen molar-refractivity contribution in [2.24, 2.45) is 12.0 Å². The molecule has 0 aliphatic rings. The van der Waals surface area contributed by atoms with E-state index in [9.17, 15) is 4.79 Å². The average molecular weight is 167 g/mol. The summed E-state index contributed by atoms with van der Waals surface area (Å²) >= 11 is 4.26. The van der Waals surface area contributed by atoms with E-state index in [-0.39, 0.29) is 5.69 Å². The van der Waals surface area contributed by atoms with E-state index in [1.165, 1.54) is 6.33 Å². The average Bonchev–Trinajstić information content (AvgIpc) is 2.36. The molecule has 0 aromatic carbocycles. The zero-order valence-corrected chi connectivity index (χ0v) is 6.63. The lowest BCUT2D eigenvalue weighted by atomic mass is 10.5. The van der Waals surface area contributed by atoms with E-state index >= 15 is 0 Å². The molecule has 0 aliphatic heterocycles. The topological polar surface area (TPSA) is 47.2 Å². The molecule has 1 aromatic rings. The summed E-state index contributed by atoms with van der Waals surface area (Å²) in [7, 11) is 1.77. The van der Waals surface area contributed by atoms with Crippen LogP contribution in [0.4, 0.5) is 0 Å². The van der Waals surface area contributed by atoms with E-state index in [2.05, 4.69) is 22.2 Å². The van der Waals surface area contributed by atoms with Crippen molar-refractivity contribution in [3.05, 3.63) is 18.2 Å². The lowest BCUT2D eigenvalue weighted by Gasteiger charge is -1.82. The molecule has 0 N–H and O–H groups in total. The Labute approximate surface area is 68.6 Å². The Hall–Kier alpha value is -1.32. The predicted molar refractivity (Wildman–Crippen MR) is 42.6 cm³/mol. The largest absolute Gasteiger partial charge is 0.340 e. The summed E-state index contributed by atoms with van der Waals surface area (Å²) in [6.07, 6.45) is 3.09. The van der Waals surface area contributed by atoms with Gasteiger partial charge in [-0.25, -0.2) is 4.98 Å². The van der Waals surface area contributed by atoms with E-state index in [0.29, 0.717) is 0 Å². The number of hydrogen-bond donors (Lipinski definition) is 0. The maximum Gasteiger partial charge on any atom is 0.306 e. The highest BCUT2D eigenvalue weighted by Crippen LogP contribution is 1.95. The van der Waals surface area contributed by atoms with Gasteiger partial charge < -0.3 is 4.57 Å². The van der Waals surface area contributed by atoms with Crippen molar-refractivity contribution in [3.8, 4) is 0 Å². The Morgan fingerprint density at radius 1 is 1.91 bits per heavy atom. The molecule has 5 heteroatoms. The second-order valence-corrected chi connectivity index (χ2v) is 2.12.